The number of aromatic amines is 1. The van der Waals surface area contributed by atoms with Crippen molar-refractivity contribution in [3.8, 4) is 5.75 Å². The highest BCUT2D eigenvalue weighted by molar-refractivity contribution is 6.30. The minimum Gasteiger partial charge on any atom is -0.508 e. The number of ketones is 1. The number of nitrogens with two attached hydrogens (primary N) is 2. The van der Waals surface area contributed by atoms with E-state index in [1.54, 1.807) is 53.5 Å². The SMILES string of the molecule is CCCCCCCCCCCCCCCC(=O)NCCCC[C@@H](NC(=O)[C@H]1CCCCn2cc(nn2)C[C@@H](NC(C)=O)C(=O)N[C@@H](Cc2c[nH]c3ccccc23)C(=O)N[C@@H](CCCCN)C(=O)N[C@@H](Cc2ccc(O)cc2)C(=O)C[C@@H](Cc2ccc(Cl)cc2)C(=O)N1)C(N)=O. The Balaban J connectivity index is 1.23. The quantitative estimate of drug-likeness (QED) is 0.0182. The van der Waals surface area contributed by atoms with Gasteiger partial charge in [0.2, 0.25) is 47.3 Å². The molecule has 2 bridgehead atoms. The van der Waals surface area contributed by atoms with Crippen molar-refractivity contribution in [2.45, 2.75) is 236 Å². The first-order chi connectivity index (χ1) is 45.9. The van der Waals surface area contributed by atoms with Crippen LogP contribution in [0, 0.1) is 5.92 Å². The van der Waals surface area contributed by atoms with E-state index in [4.69, 9.17) is 23.1 Å². The van der Waals surface area contributed by atoms with Crippen LogP contribution in [0.4, 0.5) is 0 Å². The Morgan fingerprint density at radius 2 is 1.34 bits per heavy atom. The highest BCUT2D eigenvalue weighted by Gasteiger charge is 2.35. The lowest BCUT2D eigenvalue weighted by Gasteiger charge is -2.27. The molecule has 1 aliphatic rings. The average Bonchev–Trinajstić information content (AvgIpc) is 1.80. The summed E-state index contributed by atoms with van der Waals surface area (Å²) >= 11 is 6.31. The number of H-pyrrole nitrogens is 1. The predicted octanol–water partition coefficient (Wildman–Crippen LogP) is 7.46. The molecule has 24 heteroatoms. The van der Waals surface area contributed by atoms with Gasteiger partial charge in [0.05, 0.1) is 11.7 Å². The van der Waals surface area contributed by atoms with Gasteiger partial charge in [-0.1, -0.05) is 143 Å². The zero-order valence-corrected chi connectivity index (χ0v) is 56.3. The minimum atomic E-state index is -1.32. The summed E-state index contributed by atoms with van der Waals surface area (Å²) in [6, 6.07) is 12.7. The lowest BCUT2D eigenvalue weighted by Crippen LogP contribution is -2.58. The van der Waals surface area contributed by atoms with Gasteiger partial charge < -0.3 is 58.8 Å². The topological polar surface area (TPSA) is 357 Å². The molecule has 0 radical (unpaired) electrons. The summed E-state index contributed by atoms with van der Waals surface area (Å²) in [7, 11) is 0. The van der Waals surface area contributed by atoms with E-state index < -0.39 is 95.7 Å². The Morgan fingerprint density at radius 1 is 0.695 bits per heavy atom. The number of aromatic nitrogens is 4. The number of carbonyl (C=O) groups is 9. The molecule has 0 saturated heterocycles. The van der Waals surface area contributed by atoms with Gasteiger partial charge in [0.1, 0.15) is 36.0 Å². The van der Waals surface area contributed by atoms with Crippen LogP contribution < -0.4 is 48.7 Å². The summed E-state index contributed by atoms with van der Waals surface area (Å²) in [5, 5.41) is 40.0. The van der Waals surface area contributed by atoms with Crippen molar-refractivity contribution in [2.75, 3.05) is 13.1 Å². The maximum Gasteiger partial charge on any atom is 0.243 e. The number of phenols is 1. The van der Waals surface area contributed by atoms with Crippen LogP contribution in [0.3, 0.4) is 0 Å². The van der Waals surface area contributed by atoms with Gasteiger partial charge in [-0.3, -0.25) is 47.8 Å². The number of aryl methyl sites for hydroxylation is 1. The lowest BCUT2D eigenvalue weighted by molar-refractivity contribution is -0.135. The fourth-order valence-electron chi connectivity index (χ4n) is 12.0. The molecule has 6 rings (SSSR count). The third kappa shape index (κ3) is 27.6. The van der Waals surface area contributed by atoms with Crippen molar-refractivity contribution in [1.29, 1.82) is 0 Å². The van der Waals surface area contributed by atoms with Gasteiger partial charge in [0.25, 0.3) is 0 Å². The van der Waals surface area contributed by atoms with Crippen LogP contribution in [0.2, 0.25) is 5.02 Å². The van der Waals surface area contributed by atoms with Crippen LogP contribution in [0.1, 0.15) is 190 Å². The van der Waals surface area contributed by atoms with Crippen LogP contribution >= 0.6 is 11.6 Å². The van der Waals surface area contributed by atoms with Gasteiger partial charge in [-0.25, -0.2) is 0 Å². The fraction of sp³-hybridized carbons (Fsp3) is 0.563. The number of benzene rings is 3. The monoisotopic (exact) mass is 1330 g/mol. The van der Waals surface area contributed by atoms with E-state index in [0.29, 0.717) is 78.9 Å². The van der Waals surface area contributed by atoms with E-state index >= 15 is 9.59 Å². The first-order valence-corrected chi connectivity index (χ1v) is 34.8. The van der Waals surface area contributed by atoms with Crippen molar-refractivity contribution in [3.63, 3.8) is 0 Å². The Bertz CT molecular complexity index is 3230. The van der Waals surface area contributed by atoms with Crippen molar-refractivity contribution < 1.29 is 48.3 Å². The molecule has 3 heterocycles. The molecule has 8 amide bonds. The van der Waals surface area contributed by atoms with Crippen molar-refractivity contribution >= 4 is 75.5 Å². The second kappa shape index (κ2) is 41.6. The Kier molecular flexibility index (Phi) is 33.2. The summed E-state index contributed by atoms with van der Waals surface area (Å²) in [5.74, 6) is -6.70. The third-order valence-corrected chi connectivity index (χ3v) is 17.7. The van der Waals surface area contributed by atoms with Gasteiger partial charge in [-0.15, -0.1) is 5.10 Å². The Morgan fingerprint density at radius 3 is 2.02 bits per heavy atom. The summed E-state index contributed by atoms with van der Waals surface area (Å²) < 4.78 is 1.54. The highest BCUT2D eigenvalue weighted by atomic mass is 35.5. The van der Waals surface area contributed by atoms with Crippen molar-refractivity contribution in [1.82, 2.24) is 57.2 Å². The van der Waals surface area contributed by atoms with Crippen LogP contribution in [-0.4, -0.2) is 127 Å². The zero-order valence-electron chi connectivity index (χ0n) is 55.5. The standard InChI is InChI=1S/C71H102ClN13O10/c1-3-4-5-6-7-8-9-10-11-12-13-14-15-29-65(89)75-39-22-19-26-58(66(74)90)78-68(92)59-28-20-23-40-85-47-54(83-84-85)45-63(77-48(2)86)71(95)82-62(43-52-46-76-57-25-17-16-24-56(52)57)70(94)80-60(27-18-21-38-73)69(93)81-61(42-50-32-36-55(87)37-33-50)64(88)44-51(67(91)79-59)41-49-30-34-53(72)35-31-49/h16-17,24-25,30-37,46-47,51,58-63,76,87H,3-15,18-23,26-29,38-45,73H2,1-2H3,(H2,74,90)(H,75,89)(H,77,86)(H,78,92)(H,79,91)(H,80,94)(H,81,93)(H,82,95)/t51-,58-,59-,60+,61+,62+,63-/m1/s1. The molecule has 0 spiro atoms. The number of unbranched alkanes of at least 4 members (excludes halogenated alkanes) is 14. The molecule has 518 valence electrons. The lowest BCUT2D eigenvalue weighted by atomic mass is 9.89. The van der Waals surface area contributed by atoms with E-state index in [0.717, 1.165) is 30.2 Å². The van der Waals surface area contributed by atoms with E-state index in [1.807, 2.05) is 24.3 Å². The molecular weight excluding hydrogens is 1230 g/mol. The van der Waals surface area contributed by atoms with Gasteiger partial charge in [0.15, 0.2) is 5.78 Å². The molecule has 0 fully saturated rings. The van der Waals surface area contributed by atoms with Crippen molar-refractivity contribution in [2.24, 2.45) is 17.4 Å². The summed E-state index contributed by atoms with van der Waals surface area (Å²) in [5.41, 5.74) is 14.8. The number of aromatic hydroxyl groups is 1. The summed E-state index contributed by atoms with van der Waals surface area (Å²) in [4.78, 5) is 131. The van der Waals surface area contributed by atoms with Crippen LogP contribution in [-0.2, 0) is 75.4 Å². The molecule has 0 saturated carbocycles. The van der Waals surface area contributed by atoms with Gasteiger partial charge in [-0.05, 0) is 131 Å². The molecule has 95 heavy (non-hydrogen) atoms. The predicted molar refractivity (Wildman–Crippen MR) is 366 cm³/mol. The number of Topliss-reactive ketones (excluding diaryl/α,β-unsaturated/α-hetero) is 1. The van der Waals surface area contributed by atoms with E-state index in [1.165, 1.54) is 83.3 Å². The number of nitrogens with one attached hydrogen (secondary N) is 8. The molecule has 0 unspecified atom stereocenters. The van der Waals surface area contributed by atoms with Gasteiger partial charge in [0, 0.05) is 79.9 Å². The molecule has 13 N–H and O–H groups in total. The number of para-hydroxylation sites is 1. The normalized spacial score (nSPS) is 19.1. The van der Waals surface area contributed by atoms with Crippen LogP contribution in [0.5, 0.6) is 5.75 Å². The molecule has 3 aromatic carbocycles. The number of halogens is 1. The Hall–Kier alpha value is -8.18. The maximum atomic E-state index is 15.1. The number of amides is 8. The van der Waals surface area contributed by atoms with Crippen molar-refractivity contribution in [3.05, 3.63) is 113 Å². The number of hydrogen-bond donors (Lipinski definition) is 11. The van der Waals surface area contributed by atoms with Crippen LogP contribution in [0.25, 0.3) is 10.9 Å². The minimum absolute atomic E-state index is 0.0124. The number of hydrogen-bond acceptors (Lipinski definition) is 13. The number of carbonyl (C=O) groups excluding carboxylic acids is 9. The molecule has 2 aromatic heterocycles. The number of rotatable bonds is 33. The summed E-state index contributed by atoms with van der Waals surface area (Å²) in [6.07, 6.45) is 21.6. The smallest absolute Gasteiger partial charge is 0.243 e. The summed E-state index contributed by atoms with van der Waals surface area (Å²) in [6.45, 7) is 4.41. The van der Waals surface area contributed by atoms with E-state index in [9.17, 15) is 38.7 Å². The molecule has 7 atom stereocenters. The largest absolute Gasteiger partial charge is 0.508 e. The molecular formula is C71H102ClN13O10. The number of fused-ring (bicyclic) bond motifs is 3. The zero-order chi connectivity index (χ0) is 68.3. The third-order valence-electron chi connectivity index (χ3n) is 17.5. The highest BCUT2D eigenvalue weighted by Crippen LogP contribution is 2.23. The van der Waals surface area contributed by atoms with Crippen LogP contribution in [0.15, 0.2) is 85.2 Å². The maximum absolute atomic E-state index is 15.1. The molecule has 1 aliphatic heterocycles. The first-order valence-electron chi connectivity index (χ1n) is 34.4. The van der Waals surface area contributed by atoms with E-state index in [2.05, 4.69) is 59.4 Å². The van der Waals surface area contributed by atoms with Gasteiger partial charge in [-0.2, -0.15) is 0 Å². The second-order valence-electron chi connectivity index (χ2n) is 25.4. The molecule has 23 nitrogen and oxygen atoms in total. The average molecular weight is 1330 g/mol. The second-order valence-corrected chi connectivity index (χ2v) is 25.8. The Labute approximate surface area is 563 Å². The van der Waals surface area contributed by atoms with Gasteiger partial charge >= 0.3 is 0 Å². The number of nitrogens with zero attached hydrogens (tertiary/aromatic N) is 3. The molecule has 0 aliphatic carbocycles. The fourth-order valence-corrected chi connectivity index (χ4v) is 12.1. The van der Waals surface area contributed by atoms with E-state index in [-0.39, 0.29) is 69.7 Å². The first kappa shape index (κ1) is 75.8. The molecule has 5 aromatic rings. The number of primary amides is 1. The number of phenolic OH excluding ortho intramolecular Hbond substituents is 1.